The van der Waals surface area contributed by atoms with E-state index in [2.05, 4.69) is 172 Å². The molecule has 0 bridgehead atoms. The first-order chi connectivity index (χ1) is 42.9. The van der Waals surface area contributed by atoms with Gasteiger partial charge in [-0.1, -0.05) is 159 Å². The van der Waals surface area contributed by atoms with Crippen LogP contribution in [-0.4, -0.2) is 30.2 Å². The third kappa shape index (κ3) is 10.8. The summed E-state index contributed by atoms with van der Waals surface area (Å²) in [7, 11) is 0. The van der Waals surface area contributed by atoms with E-state index in [0.717, 1.165) is 131 Å². The van der Waals surface area contributed by atoms with Crippen molar-refractivity contribution in [2.75, 3.05) is 11.4 Å². The molecule has 0 aliphatic rings. The minimum absolute atomic E-state index is 0. The Hall–Kier alpha value is -9.11. The van der Waals surface area contributed by atoms with E-state index in [4.69, 9.17) is 9.97 Å². The molecule has 6 nitrogen and oxygen atoms in total. The van der Waals surface area contributed by atoms with Crippen molar-refractivity contribution < 1.29 is 38.6 Å². The quantitative estimate of drug-likeness (QED) is 0.0488. The number of halogens is 4. The molecule has 0 fully saturated rings. The van der Waals surface area contributed by atoms with Crippen LogP contribution in [0.15, 0.2) is 212 Å². The number of hydrogen-bond donors (Lipinski definition) is 0. The zero-order valence-electron chi connectivity index (χ0n) is 50.0. The Morgan fingerprint density at radius 2 is 0.933 bits per heavy atom. The van der Waals surface area contributed by atoms with Crippen LogP contribution < -0.4 is 4.90 Å². The van der Waals surface area contributed by atoms with Gasteiger partial charge in [-0.15, -0.1) is 24.3 Å². The number of aromatic nitrogens is 5. The third-order valence-corrected chi connectivity index (χ3v) is 17.8. The number of hydrogen-bond acceptors (Lipinski definition) is 3. The van der Waals surface area contributed by atoms with Crippen LogP contribution in [0.4, 0.5) is 28.9 Å². The van der Waals surface area contributed by atoms with Crippen molar-refractivity contribution in [1.82, 2.24) is 23.7 Å². The zero-order valence-corrected chi connectivity index (χ0v) is 52.2. The summed E-state index contributed by atoms with van der Waals surface area (Å²) in [6.45, 7) is 9.14. The summed E-state index contributed by atoms with van der Waals surface area (Å²) >= 11 is 0. The number of anilines is 2. The van der Waals surface area contributed by atoms with Crippen LogP contribution in [0.2, 0.25) is 0 Å². The van der Waals surface area contributed by atoms with E-state index in [1.54, 1.807) is 0 Å². The largest absolute Gasteiger partial charge is 2.00 e. The van der Waals surface area contributed by atoms with Crippen LogP contribution in [0.25, 0.3) is 99.3 Å². The Balaban J connectivity index is 0.00000729. The van der Waals surface area contributed by atoms with E-state index in [0.29, 0.717) is 28.8 Å². The van der Waals surface area contributed by atoms with Crippen LogP contribution in [0.3, 0.4) is 0 Å². The molecule has 89 heavy (non-hydrogen) atoms. The number of para-hydroxylation sites is 5. The van der Waals surface area contributed by atoms with E-state index in [-0.39, 0.29) is 43.6 Å². The molecular formula is C78H64F4N6Pt. The standard InChI is InChI=1S/C78H64F4N6.Pt/c1-5-21-54(86-70-30-17-13-26-58(70)59-27-14-18-31-71(59)86)25-12-7-9-22-50-34-40-74-64(42-50)60-28-15-19-32-72(60)87(74)56-46-68(62-38-35-51(79)43-66(62)81)83-76(48-56)78(3,4)77-49-57(47-69(84-77)63-39-36-52(80)44-67(63)82)88-73-33-20-16-29-61(73)65-45-55(37-41-75(65)88)85(6-2)53-23-10-8-11-24-53;/h8,10-11,13-20,23-24,26-37,40-49,54H,5-7,9,12,21-22,25H2,1-4H3;/q-2;+2. The SMILES string of the molecule is CCCC(CCCCCc1ccc2c(c1)c1ccccc1n2-c1cc(-c2[c-]cc(F)cc2F)nc(C(C)(C)c2cc(-n3c4ccccc4c4cc(N(CC)c5ccccc5)ccc43)cc(-c3[c-]cc(F)cc3F)n2)c1)n1c2ccccc2c2ccccc21.[Pt+2]. The Kier molecular flexibility index (Phi) is 16.2. The summed E-state index contributed by atoms with van der Waals surface area (Å²) in [5, 5.41) is 6.79. The minimum atomic E-state index is -1.10. The smallest absolute Gasteiger partial charge is 0.342 e. The number of pyridine rings is 2. The summed E-state index contributed by atoms with van der Waals surface area (Å²) in [5.74, 6) is -3.13. The van der Waals surface area contributed by atoms with Crippen molar-refractivity contribution in [1.29, 1.82) is 0 Å². The van der Waals surface area contributed by atoms with Crippen LogP contribution >= 0.6 is 0 Å². The Morgan fingerprint density at radius 1 is 0.461 bits per heavy atom. The molecule has 0 amide bonds. The molecule has 14 aromatic rings. The van der Waals surface area contributed by atoms with E-state index < -0.39 is 28.7 Å². The van der Waals surface area contributed by atoms with Gasteiger partial charge in [-0.25, -0.2) is 0 Å². The summed E-state index contributed by atoms with van der Waals surface area (Å²) in [6.07, 6.45) is 7.56. The van der Waals surface area contributed by atoms with E-state index in [1.807, 2.05) is 74.5 Å². The van der Waals surface area contributed by atoms with Crippen LogP contribution in [-0.2, 0) is 32.9 Å². The fourth-order valence-corrected chi connectivity index (χ4v) is 13.6. The molecule has 0 saturated carbocycles. The first kappa shape index (κ1) is 58.9. The Morgan fingerprint density at radius 3 is 1.45 bits per heavy atom. The molecule has 1 unspecified atom stereocenters. The normalized spacial score (nSPS) is 12.3. The molecule has 0 radical (unpaired) electrons. The van der Waals surface area contributed by atoms with Crippen molar-refractivity contribution in [2.24, 2.45) is 0 Å². The fraction of sp³-hybridized carbons (Fsp3) is 0.179. The number of aryl methyl sites for hydroxylation is 1. The van der Waals surface area contributed by atoms with Crippen molar-refractivity contribution in [3.8, 4) is 33.9 Å². The summed E-state index contributed by atoms with van der Waals surface area (Å²) in [5.41, 5.74) is 11.4. The number of nitrogens with zero attached hydrogens (tertiary/aromatic N) is 6. The summed E-state index contributed by atoms with van der Waals surface area (Å²) in [6, 6.07) is 75.3. The van der Waals surface area contributed by atoms with E-state index in [9.17, 15) is 8.78 Å². The molecule has 5 aromatic heterocycles. The molecule has 9 aromatic carbocycles. The maximum absolute atomic E-state index is 16.3. The molecular weight excluding hydrogens is 1290 g/mol. The predicted octanol–water partition coefficient (Wildman–Crippen LogP) is 20.9. The summed E-state index contributed by atoms with van der Waals surface area (Å²) < 4.78 is 68.8. The van der Waals surface area contributed by atoms with E-state index in [1.165, 1.54) is 27.4 Å². The van der Waals surface area contributed by atoms with Crippen LogP contribution in [0.5, 0.6) is 0 Å². The number of rotatable bonds is 18. The molecule has 1 atom stereocenters. The Bertz CT molecular complexity index is 4910. The molecule has 0 saturated heterocycles. The van der Waals surface area contributed by atoms with Gasteiger partial charge in [0.15, 0.2) is 0 Å². The Labute approximate surface area is 530 Å². The van der Waals surface area contributed by atoms with Gasteiger partial charge in [0.05, 0.1) is 22.1 Å². The average Bonchev–Trinajstić information content (AvgIpc) is 1.69. The molecule has 0 N–H and O–H groups in total. The van der Waals surface area contributed by atoms with Gasteiger partial charge in [0.2, 0.25) is 0 Å². The molecule has 444 valence electrons. The second-order valence-electron chi connectivity index (χ2n) is 23.7. The number of fused-ring (bicyclic) bond motifs is 9. The second-order valence-corrected chi connectivity index (χ2v) is 23.7. The van der Waals surface area contributed by atoms with E-state index >= 15 is 8.78 Å². The van der Waals surface area contributed by atoms with Crippen molar-refractivity contribution in [2.45, 2.75) is 84.1 Å². The van der Waals surface area contributed by atoms with Crippen molar-refractivity contribution in [3.63, 3.8) is 0 Å². The molecule has 0 aliphatic heterocycles. The maximum Gasteiger partial charge on any atom is 2.00 e. The second kappa shape index (κ2) is 24.5. The van der Waals surface area contributed by atoms with Gasteiger partial charge >= 0.3 is 21.1 Å². The molecule has 14 rings (SSSR count). The zero-order chi connectivity index (χ0) is 60.2. The van der Waals surface area contributed by atoms with Crippen LogP contribution in [0.1, 0.15) is 89.2 Å². The maximum atomic E-state index is 16.3. The van der Waals surface area contributed by atoms with Gasteiger partial charge in [0.1, 0.15) is 0 Å². The summed E-state index contributed by atoms with van der Waals surface area (Å²) in [4.78, 5) is 12.7. The number of unbranched alkanes of at least 4 members (excludes halogenated alkanes) is 2. The van der Waals surface area contributed by atoms with Gasteiger partial charge in [-0.05, 0) is 142 Å². The molecule has 0 spiro atoms. The van der Waals surface area contributed by atoms with Crippen LogP contribution in [0, 0.1) is 35.4 Å². The predicted molar refractivity (Wildman–Crippen MR) is 352 cm³/mol. The first-order valence-corrected chi connectivity index (χ1v) is 30.6. The first-order valence-electron chi connectivity index (χ1n) is 30.6. The molecule has 0 aliphatic carbocycles. The van der Waals surface area contributed by atoms with Crippen molar-refractivity contribution >= 4 is 76.8 Å². The fourth-order valence-electron chi connectivity index (χ4n) is 13.6. The number of benzene rings is 9. The van der Waals surface area contributed by atoms with Gasteiger partial charge in [0.25, 0.3) is 0 Å². The molecule has 5 heterocycles. The molecule has 11 heteroatoms. The van der Waals surface area contributed by atoms with Crippen molar-refractivity contribution in [3.05, 3.63) is 265 Å². The van der Waals surface area contributed by atoms with Gasteiger partial charge in [0, 0.05) is 119 Å². The van der Waals surface area contributed by atoms with Gasteiger partial charge in [-0.2, -0.15) is 0 Å². The van der Waals surface area contributed by atoms with Gasteiger partial charge in [-0.3, -0.25) is 17.6 Å². The monoisotopic (exact) mass is 1360 g/mol. The topological polar surface area (TPSA) is 43.8 Å². The third-order valence-electron chi connectivity index (χ3n) is 17.8. The average molecular weight is 1360 g/mol. The van der Waals surface area contributed by atoms with Gasteiger partial charge < -0.3 is 28.6 Å². The minimum Gasteiger partial charge on any atom is -0.342 e.